The van der Waals surface area contributed by atoms with E-state index in [2.05, 4.69) is 0 Å². The number of aliphatic carboxylic acids is 2. The molecule has 0 saturated carbocycles. The van der Waals surface area contributed by atoms with Gasteiger partial charge in [0.1, 0.15) is 0 Å². The number of carboxylic acids is 2. The molecule has 0 saturated heterocycles. The minimum atomic E-state index is -1.72. The molecule has 1 rings (SSSR count). The van der Waals surface area contributed by atoms with Crippen LogP contribution in [0.4, 0.5) is 0 Å². The number of carboxylic acid groups (broad SMARTS) is 2. The van der Waals surface area contributed by atoms with E-state index in [1.54, 1.807) is 0 Å². The predicted octanol–water partition coefficient (Wildman–Crippen LogP) is -2.03. The van der Waals surface area contributed by atoms with Gasteiger partial charge in [-0.3, -0.25) is 4.79 Å². The third kappa shape index (κ3) is 2.13. The molecule has 0 bridgehead atoms. The van der Waals surface area contributed by atoms with Crippen molar-refractivity contribution in [3.63, 3.8) is 0 Å². The average molecular weight is 217 g/mol. The van der Waals surface area contributed by atoms with E-state index in [-0.39, 0.29) is 0 Å². The molecule has 0 fully saturated rings. The molecule has 0 aliphatic heterocycles. The minimum Gasteiger partial charge on any atom is -0.481 e. The maximum atomic E-state index is 11.0. The second-order valence-electron chi connectivity index (χ2n) is 2.68. The Morgan fingerprint density at radius 2 is 1.67 bits per heavy atom. The lowest BCUT2D eigenvalue weighted by Crippen LogP contribution is -2.36. The van der Waals surface area contributed by atoms with Crippen LogP contribution in [0.5, 0.6) is 0 Å². The standard InChI is InChI=1S/C6H7N3O6/c10-3(11)1-2(4(12)13)9-5(14)7-8-6(9)15/h2H,1H2,(H,7,14)(H,8,15)(H,10,11)(H,12,13). The molecule has 82 valence electrons. The summed E-state index contributed by atoms with van der Waals surface area (Å²) in [7, 11) is 0. The zero-order valence-electron chi connectivity index (χ0n) is 7.26. The van der Waals surface area contributed by atoms with E-state index in [9.17, 15) is 19.2 Å². The van der Waals surface area contributed by atoms with E-state index < -0.39 is 35.8 Å². The van der Waals surface area contributed by atoms with Gasteiger partial charge in [-0.05, 0) is 0 Å². The summed E-state index contributed by atoms with van der Waals surface area (Å²) in [4.78, 5) is 43.0. The second kappa shape index (κ2) is 3.82. The van der Waals surface area contributed by atoms with Gasteiger partial charge in [0.25, 0.3) is 0 Å². The van der Waals surface area contributed by atoms with E-state index in [1.807, 2.05) is 10.2 Å². The van der Waals surface area contributed by atoms with Gasteiger partial charge in [-0.1, -0.05) is 0 Å². The summed E-state index contributed by atoms with van der Waals surface area (Å²) in [5, 5.41) is 20.8. The smallest absolute Gasteiger partial charge is 0.345 e. The fraction of sp³-hybridized carbons (Fsp3) is 0.333. The highest BCUT2D eigenvalue weighted by Gasteiger charge is 2.26. The quantitative estimate of drug-likeness (QED) is 0.457. The van der Waals surface area contributed by atoms with Crippen molar-refractivity contribution in [3.8, 4) is 0 Å². The van der Waals surface area contributed by atoms with Crippen molar-refractivity contribution in [1.82, 2.24) is 14.8 Å². The lowest BCUT2D eigenvalue weighted by molar-refractivity contribution is -0.147. The van der Waals surface area contributed by atoms with E-state index in [4.69, 9.17) is 10.2 Å². The molecule has 1 aromatic heterocycles. The van der Waals surface area contributed by atoms with Gasteiger partial charge in [0.2, 0.25) is 0 Å². The Bertz CT molecular complexity index is 466. The van der Waals surface area contributed by atoms with Gasteiger partial charge in [-0.15, -0.1) is 0 Å². The molecule has 15 heavy (non-hydrogen) atoms. The molecule has 1 atom stereocenters. The number of carbonyl (C=O) groups is 2. The number of aromatic nitrogens is 3. The number of hydrogen-bond acceptors (Lipinski definition) is 4. The summed E-state index contributed by atoms with van der Waals surface area (Å²) >= 11 is 0. The molecule has 0 aliphatic rings. The highest BCUT2D eigenvalue weighted by Crippen LogP contribution is 2.06. The fourth-order valence-corrected chi connectivity index (χ4v) is 1.06. The molecule has 0 amide bonds. The van der Waals surface area contributed by atoms with Crippen LogP contribution in [0.1, 0.15) is 12.5 Å². The zero-order chi connectivity index (χ0) is 11.6. The van der Waals surface area contributed by atoms with Crippen molar-refractivity contribution in [3.05, 3.63) is 21.0 Å². The summed E-state index contributed by atoms with van der Waals surface area (Å²) in [6, 6.07) is -1.72. The largest absolute Gasteiger partial charge is 0.481 e. The normalized spacial score (nSPS) is 12.3. The molecular formula is C6H7N3O6. The van der Waals surface area contributed by atoms with Crippen molar-refractivity contribution in [2.45, 2.75) is 12.5 Å². The maximum absolute atomic E-state index is 11.0. The van der Waals surface area contributed by atoms with Crippen molar-refractivity contribution in [1.29, 1.82) is 0 Å². The first-order chi connectivity index (χ1) is 6.93. The van der Waals surface area contributed by atoms with Crippen molar-refractivity contribution in [2.24, 2.45) is 0 Å². The van der Waals surface area contributed by atoms with Crippen LogP contribution in [0.15, 0.2) is 9.59 Å². The van der Waals surface area contributed by atoms with E-state index in [1.165, 1.54) is 0 Å². The highest BCUT2D eigenvalue weighted by molar-refractivity contribution is 5.79. The van der Waals surface area contributed by atoms with Crippen LogP contribution in [0.3, 0.4) is 0 Å². The zero-order valence-corrected chi connectivity index (χ0v) is 7.26. The van der Waals surface area contributed by atoms with Gasteiger partial charge in [-0.25, -0.2) is 29.1 Å². The number of nitrogens with zero attached hydrogens (tertiary/aromatic N) is 1. The number of rotatable bonds is 4. The number of H-pyrrole nitrogens is 2. The summed E-state index contributed by atoms with van der Waals surface area (Å²) in [6.45, 7) is 0. The van der Waals surface area contributed by atoms with Crippen LogP contribution in [0.25, 0.3) is 0 Å². The van der Waals surface area contributed by atoms with Crippen LogP contribution < -0.4 is 11.4 Å². The van der Waals surface area contributed by atoms with Crippen LogP contribution in [0.2, 0.25) is 0 Å². The lowest BCUT2D eigenvalue weighted by atomic mass is 10.2. The Balaban J connectivity index is 3.21. The topological polar surface area (TPSA) is 145 Å². The van der Waals surface area contributed by atoms with Crippen LogP contribution in [-0.4, -0.2) is 36.9 Å². The lowest BCUT2D eigenvalue weighted by Gasteiger charge is -2.07. The first-order valence-electron chi connectivity index (χ1n) is 3.77. The van der Waals surface area contributed by atoms with Crippen LogP contribution >= 0.6 is 0 Å². The second-order valence-corrected chi connectivity index (χ2v) is 2.68. The first-order valence-corrected chi connectivity index (χ1v) is 3.77. The number of nitrogens with one attached hydrogen (secondary N) is 2. The summed E-state index contributed by atoms with van der Waals surface area (Å²) in [5.41, 5.74) is -1.98. The van der Waals surface area contributed by atoms with Gasteiger partial charge in [-0.2, -0.15) is 0 Å². The molecule has 4 N–H and O–H groups in total. The minimum absolute atomic E-state index is 0.302. The van der Waals surface area contributed by atoms with Gasteiger partial charge < -0.3 is 10.2 Å². The predicted molar refractivity (Wildman–Crippen MR) is 44.6 cm³/mol. The van der Waals surface area contributed by atoms with Crippen LogP contribution in [0, 0.1) is 0 Å². The molecule has 0 radical (unpaired) electrons. The van der Waals surface area contributed by atoms with Crippen molar-refractivity contribution < 1.29 is 19.8 Å². The summed E-state index contributed by atoms with van der Waals surface area (Å²) < 4.78 is 0.302. The Kier molecular flexibility index (Phi) is 2.74. The van der Waals surface area contributed by atoms with Crippen molar-refractivity contribution in [2.75, 3.05) is 0 Å². The maximum Gasteiger partial charge on any atom is 0.345 e. The molecule has 1 aromatic rings. The third-order valence-electron chi connectivity index (χ3n) is 1.68. The van der Waals surface area contributed by atoms with Gasteiger partial charge in [0.15, 0.2) is 6.04 Å². The monoisotopic (exact) mass is 217 g/mol. The van der Waals surface area contributed by atoms with Crippen LogP contribution in [-0.2, 0) is 9.59 Å². The van der Waals surface area contributed by atoms with E-state index in [0.29, 0.717) is 4.57 Å². The summed E-state index contributed by atoms with van der Waals surface area (Å²) in [5.74, 6) is -2.99. The first kappa shape index (κ1) is 10.8. The molecule has 9 heteroatoms. The number of hydrogen-bond donors (Lipinski definition) is 4. The van der Waals surface area contributed by atoms with Gasteiger partial charge in [0.05, 0.1) is 6.42 Å². The molecule has 1 heterocycles. The molecular weight excluding hydrogens is 210 g/mol. The Hall–Kier alpha value is -2.32. The molecule has 0 aromatic carbocycles. The summed E-state index contributed by atoms with van der Waals surface area (Å²) in [6.07, 6.45) is -0.851. The Labute approximate surface area is 81.0 Å². The highest BCUT2D eigenvalue weighted by atomic mass is 16.4. The Morgan fingerprint density at radius 3 is 2.00 bits per heavy atom. The SMILES string of the molecule is O=C(O)CC(C(=O)O)n1c(=O)[nH][nH]c1=O. The van der Waals surface area contributed by atoms with E-state index >= 15 is 0 Å². The number of aromatic amines is 2. The fourth-order valence-electron chi connectivity index (χ4n) is 1.06. The van der Waals surface area contributed by atoms with E-state index in [0.717, 1.165) is 0 Å². The molecule has 9 nitrogen and oxygen atoms in total. The Morgan fingerprint density at radius 1 is 1.20 bits per heavy atom. The van der Waals surface area contributed by atoms with Gasteiger partial charge in [0, 0.05) is 0 Å². The average Bonchev–Trinajstić information content (AvgIpc) is 2.42. The molecule has 1 unspecified atom stereocenters. The molecule has 0 aliphatic carbocycles. The van der Waals surface area contributed by atoms with Crippen molar-refractivity contribution >= 4 is 11.9 Å². The molecule has 0 spiro atoms. The van der Waals surface area contributed by atoms with Gasteiger partial charge >= 0.3 is 23.3 Å². The third-order valence-corrected chi connectivity index (χ3v) is 1.68.